The van der Waals surface area contributed by atoms with Crippen LogP contribution in [0.15, 0.2) is 119 Å². The predicted octanol–water partition coefficient (Wildman–Crippen LogP) is 14.7. The zero-order valence-electron chi connectivity index (χ0n) is 33.4. The maximum absolute atomic E-state index is 5.79. The topological polar surface area (TPSA) is 71.4 Å². The van der Waals surface area contributed by atoms with Gasteiger partial charge in [0.2, 0.25) is 0 Å². The molecule has 0 spiro atoms. The van der Waals surface area contributed by atoms with Gasteiger partial charge in [-0.3, -0.25) is 0 Å². The van der Waals surface area contributed by atoms with Gasteiger partial charge in [-0.25, -0.2) is 0 Å². The monoisotopic (exact) mass is 932 g/mol. The molecule has 0 heterocycles. The largest absolute Gasteiger partial charge is 2.00 e. The van der Waals surface area contributed by atoms with E-state index in [0.29, 0.717) is 8.64 Å². The molecule has 0 aliphatic heterocycles. The molecule has 0 N–H and O–H groups in total. The van der Waals surface area contributed by atoms with E-state index in [2.05, 4.69) is 59.2 Å². The summed E-state index contributed by atoms with van der Waals surface area (Å²) in [6, 6.07) is 36.2. The Hall–Kier alpha value is -3.04. The van der Waals surface area contributed by atoms with Gasteiger partial charge in [0.15, 0.2) is 0 Å². The van der Waals surface area contributed by atoms with Crippen molar-refractivity contribution in [2.45, 2.75) is 102 Å². The number of thiocarbonyl (C=S) groups is 2. The Labute approximate surface area is 375 Å². The second-order valence-corrected chi connectivity index (χ2v) is 16.4. The van der Waals surface area contributed by atoms with Crippen LogP contribution in [-0.2, 0) is 31.9 Å². The molecule has 4 aromatic carbocycles. The van der Waals surface area contributed by atoms with Crippen LogP contribution in [0.4, 0.5) is 0 Å². The third kappa shape index (κ3) is 25.8. The fraction of sp³-hybridized carbons (Fsp3) is 0.391. The zero-order chi connectivity index (χ0) is 39.7. The maximum atomic E-state index is 5.79. The van der Waals surface area contributed by atoms with Crippen molar-refractivity contribution in [1.29, 1.82) is 0 Å². The number of nitrogens with zero attached hydrogens (tertiary/aromatic N) is 4. The maximum Gasteiger partial charge on any atom is 2.00 e. The van der Waals surface area contributed by atoms with Crippen molar-refractivity contribution >= 4 is 69.0 Å². The normalized spacial score (nSPS) is 10.7. The molecule has 0 amide bonds. The van der Waals surface area contributed by atoms with E-state index in [9.17, 15) is 0 Å². The average molecular weight is 934 g/mol. The first kappa shape index (κ1) is 50.1. The van der Waals surface area contributed by atoms with Gasteiger partial charge in [0.05, 0.1) is 13.2 Å². The first-order valence-corrected chi connectivity index (χ1v) is 22.7. The van der Waals surface area contributed by atoms with Crippen molar-refractivity contribution in [3.63, 3.8) is 0 Å². The van der Waals surface area contributed by atoms with Crippen LogP contribution in [0.2, 0.25) is 0 Å². The van der Waals surface area contributed by atoms with Crippen LogP contribution in [0.1, 0.15) is 113 Å². The van der Waals surface area contributed by atoms with Crippen molar-refractivity contribution in [3.8, 4) is 11.5 Å². The summed E-state index contributed by atoms with van der Waals surface area (Å²) >= 11 is 13.5. The second kappa shape index (κ2) is 33.9. The van der Waals surface area contributed by atoms with Gasteiger partial charge in [0, 0.05) is 23.9 Å². The number of rotatable bonds is 24. The summed E-state index contributed by atoms with van der Waals surface area (Å²) in [5.41, 5.74) is 12.6. The second-order valence-electron chi connectivity index (χ2n) is 13.1. The molecule has 57 heavy (non-hydrogen) atoms. The molecular formula is C46H58N4O2PdS4. The van der Waals surface area contributed by atoms with Gasteiger partial charge in [-0.05, 0) is 92.3 Å². The Morgan fingerprint density at radius 1 is 0.509 bits per heavy atom. The van der Waals surface area contributed by atoms with Crippen molar-refractivity contribution < 1.29 is 29.9 Å². The van der Waals surface area contributed by atoms with E-state index in [1.165, 1.54) is 98.9 Å². The summed E-state index contributed by atoms with van der Waals surface area (Å²) in [7, 11) is 0. The molecule has 0 bridgehead atoms. The summed E-state index contributed by atoms with van der Waals surface area (Å²) in [6.07, 6.45) is 18.7. The van der Waals surface area contributed by atoms with Gasteiger partial charge in [0.25, 0.3) is 0 Å². The van der Waals surface area contributed by atoms with Crippen LogP contribution >= 0.6 is 48.0 Å². The SMILES string of the molecule is CCCCCCCCOc1ccc(/C=N\[N-]C(=S)SCc2ccccc2)cc1.CCCCCCCCOc1ccc(/C=N\[N-]C(=S)SCc2ccccc2)cc1.[Pd+2]. The Balaban J connectivity index is 0.000000387. The van der Waals surface area contributed by atoms with Crippen LogP contribution in [0.25, 0.3) is 10.9 Å². The number of thioether (sulfide) groups is 2. The standard InChI is InChI=1S/2C23H30N2OS2.Pd/c2*1-2-3-4-5-6-10-17-26-22-15-13-20(14-16-22)18-24-25-23(27)28-19-21-11-8-7-9-12-21;/h2*7-9,11-16,18H,2-6,10,17,19H2,1H3,(H,25,27);/q;;+2/p-2/b2*24-18-;. The Morgan fingerprint density at radius 3 is 1.23 bits per heavy atom. The molecule has 0 aliphatic rings. The smallest absolute Gasteiger partial charge is 0.561 e. The molecule has 0 saturated heterocycles. The van der Waals surface area contributed by atoms with E-state index in [-0.39, 0.29) is 20.4 Å². The molecule has 0 fully saturated rings. The summed E-state index contributed by atoms with van der Waals surface area (Å²) in [5.74, 6) is 3.42. The van der Waals surface area contributed by atoms with E-state index in [1.54, 1.807) is 12.4 Å². The van der Waals surface area contributed by atoms with Crippen LogP contribution in [0.3, 0.4) is 0 Å². The summed E-state index contributed by atoms with van der Waals surface area (Å²) < 4.78 is 12.7. The molecule has 11 heteroatoms. The van der Waals surface area contributed by atoms with Gasteiger partial charge in [-0.2, -0.15) is 0 Å². The zero-order valence-corrected chi connectivity index (χ0v) is 38.2. The minimum absolute atomic E-state index is 0. The number of unbranched alkanes of at least 4 members (excludes halogenated alkanes) is 10. The third-order valence-corrected chi connectivity index (χ3v) is 10.9. The Kier molecular flexibility index (Phi) is 29.8. The molecule has 308 valence electrons. The molecule has 0 aliphatic carbocycles. The molecule has 0 aromatic heterocycles. The summed E-state index contributed by atoms with van der Waals surface area (Å²) in [5, 5.41) is 8.18. The molecule has 6 nitrogen and oxygen atoms in total. The summed E-state index contributed by atoms with van der Waals surface area (Å²) in [4.78, 5) is 0. The van der Waals surface area contributed by atoms with Gasteiger partial charge >= 0.3 is 20.4 Å². The molecule has 4 rings (SSSR count). The first-order valence-electron chi connectivity index (χ1n) is 19.9. The third-order valence-electron chi connectivity index (χ3n) is 8.40. The molecular weight excluding hydrogens is 875 g/mol. The van der Waals surface area contributed by atoms with Crippen LogP contribution in [0.5, 0.6) is 11.5 Å². The number of benzene rings is 4. The van der Waals surface area contributed by atoms with Gasteiger partial charge < -0.3 is 30.5 Å². The van der Waals surface area contributed by atoms with Crippen LogP contribution < -0.4 is 9.47 Å². The van der Waals surface area contributed by atoms with E-state index in [1.807, 2.05) is 84.9 Å². The van der Waals surface area contributed by atoms with E-state index in [0.717, 1.165) is 60.2 Å². The molecule has 0 radical (unpaired) electrons. The summed E-state index contributed by atoms with van der Waals surface area (Å²) in [6.45, 7) is 6.04. The molecule has 4 aromatic rings. The Bertz CT molecular complexity index is 1540. The average Bonchev–Trinajstić information content (AvgIpc) is 3.23. The quantitative estimate of drug-likeness (QED) is 0.0229. The minimum Gasteiger partial charge on any atom is -0.561 e. The molecule has 0 saturated carbocycles. The number of hydrogen-bond donors (Lipinski definition) is 0. The molecule has 0 atom stereocenters. The predicted molar refractivity (Wildman–Crippen MR) is 253 cm³/mol. The van der Waals surface area contributed by atoms with Crippen LogP contribution in [-0.4, -0.2) is 34.3 Å². The van der Waals surface area contributed by atoms with Gasteiger partial charge in [0.1, 0.15) is 11.5 Å². The van der Waals surface area contributed by atoms with Crippen LogP contribution in [0, 0.1) is 0 Å². The van der Waals surface area contributed by atoms with E-state index in [4.69, 9.17) is 33.9 Å². The van der Waals surface area contributed by atoms with E-state index >= 15 is 0 Å². The number of ether oxygens (including phenoxy) is 2. The van der Waals surface area contributed by atoms with Crippen molar-refractivity contribution in [1.82, 2.24) is 0 Å². The molecule has 0 unspecified atom stereocenters. The van der Waals surface area contributed by atoms with E-state index < -0.39 is 0 Å². The fourth-order valence-corrected chi connectivity index (χ4v) is 6.85. The fourth-order valence-electron chi connectivity index (χ4n) is 5.23. The minimum atomic E-state index is 0. The van der Waals surface area contributed by atoms with Crippen molar-refractivity contribution in [2.75, 3.05) is 13.2 Å². The Morgan fingerprint density at radius 2 is 0.860 bits per heavy atom. The first-order chi connectivity index (χ1) is 27.6. The van der Waals surface area contributed by atoms with Crippen molar-refractivity contribution in [3.05, 3.63) is 142 Å². The number of hydrogen-bond acceptors (Lipinski definition) is 8. The van der Waals surface area contributed by atoms with Crippen molar-refractivity contribution in [2.24, 2.45) is 10.2 Å². The van der Waals surface area contributed by atoms with Gasteiger partial charge in [-0.1, -0.05) is 163 Å². The van der Waals surface area contributed by atoms with Gasteiger partial charge in [-0.15, -0.1) is 23.5 Å².